The van der Waals surface area contributed by atoms with Crippen molar-refractivity contribution < 1.29 is 13.2 Å². The summed E-state index contributed by atoms with van der Waals surface area (Å²) in [6.45, 7) is 1.88. The molecule has 0 aliphatic heterocycles. The predicted molar refractivity (Wildman–Crippen MR) is 118 cm³/mol. The molecule has 2 aromatic heterocycles. The van der Waals surface area contributed by atoms with Crippen molar-refractivity contribution >= 4 is 44.0 Å². The summed E-state index contributed by atoms with van der Waals surface area (Å²) in [7, 11) is -1.70. The number of fused-ring (bicyclic) bond motifs is 1. The van der Waals surface area contributed by atoms with Crippen LogP contribution in [0.25, 0.3) is 11.0 Å². The number of imidazole rings is 1. The number of carbonyl (C=O) groups is 1. The molecule has 0 saturated carbocycles. The monoisotopic (exact) mass is 440 g/mol. The summed E-state index contributed by atoms with van der Waals surface area (Å²) < 4.78 is 29.3. The highest BCUT2D eigenvalue weighted by Gasteiger charge is 2.18. The normalized spacial score (nSPS) is 12.6. The van der Waals surface area contributed by atoms with Crippen LogP contribution in [0.4, 0.5) is 5.69 Å². The van der Waals surface area contributed by atoms with Crippen LogP contribution >= 0.6 is 11.3 Å². The number of hydrogen-bond acceptors (Lipinski definition) is 5. The van der Waals surface area contributed by atoms with Crippen molar-refractivity contribution in [2.24, 2.45) is 7.05 Å². The number of carbonyl (C=O) groups excluding carboxylic acids is 1. The van der Waals surface area contributed by atoms with E-state index in [1.165, 1.54) is 6.07 Å². The van der Waals surface area contributed by atoms with Crippen molar-refractivity contribution in [2.45, 2.75) is 17.2 Å². The van der Waals surface area contributed by atoms with Crippen molar-refractivity contribution in [3.63, 3.8) is 0 Å². The minimum absolute atomic E-state index is 0.237. The lowest BCUT2D eigenvalue weighted by molar-refractivity contribution is 0.0938. The van der Waals surface area contributed by atoms with Crippen LogP contribution in [0.1, 0.15) is 29.1 Å². The van der Waals surface area contributed by atoms with Gasteiger partial charge in [-0.3, -0.25) is 9.52 Å². The summed E-state index contributed by atoms with van der Waals surface area (Å²) >= 11 is 1.14. The lowest BCUT2D eigenvalue weighted by Gasteiger charge is -2.14. The second-order valence-corrected chi connectivity index (χ2v) is 9.68. The highest BCUT2D eigenvalue weighted by molar-refractivity contribution is 7.94. The van der Waals surface area contributed by atoms with Crippen LogP contribution in [0, 0.1) is 0 Å². The molecule has 0 bridgehead atoms. The first-order valence-corrected chi connectivity index (χ1v) is 11.6. The number of thiophene rings is 1. The molecule has 0 saturated heterocycles. The maximum Gasteiger partial charge on any atom is 0.271 e. The summed E-state index contributed by atoms with van der Waals surface area (Å²) in [5, 5.41) is 4.65. The number of aryl methyl sites for hydroxylation is 1. The van der Waals surface area contributed by atoms with E-state index in [0.717, 1.165) is 28.2 Å². The van der Waals surface area contributed by atoms with E-state index < -0.39 is 10.0 Å². The van der Waals surface area contributed by atoms with Crippen molar-refractivity contribution in [1.29, 1.82) is 0 Å². The molecule has 1 atom stereocenters. The number of rotatable bonds is 6. The van der Waals surface area contributed by atoms with Gasteiger partial charge in [-0.1, -0.05) is 18.2 Å². The zero-order valence-electron chi connectivity index (χ0n) is 16.4. The molecule has 2 N–H and O–H groups in total. The molecule has 2 aromatic carbocycles. The SMILES string of the molecule is CC(NC(=O)c1ccc(NS(=O)(=O)c2cccs2)cc1)c1nc2ccccc2n1C. The Morgan fingerprint density at radius 3 is 2.47 bits per heavy atom. The quantitative estimate of drug-likeness (QED) is 0.475. The number of benzene rings is 2. The second-order valence-electron chi connectivity index (χ2n) is 6.83. The topological polar surface area (TPSA) is 93.1 Å². The van der Waals surface area contributed by atoms with E-state index in [2.05, 4.69) is 15.0 Å². The molecule has 30 heavy (non-hydrogen) atoms. The van der Waals surface area contributed by atoms with Crippen LogP contribution in [0.15, 0.2) is 70.3 Å². The maximum atomic E-state index is 12.7. The van der Waals surface area contributed by atoms with Gasteiger partial charge >= 0.3 is 0 Å². The van der Waals surface area contributed by atoms with E-state index in [-0.39, 0.29) is 16.2 Å². The molecule has 0 fully saturated rings. The standard InChI is InChI=1S/C21H20N4O3S2/c1-14(20-23-17-6-3-4-7-18(17)25(20)2)22-21(26)15-9-11-16(12-10-15)24-30(27,28)19-8-5-13-29-19/h3-14,24H,1-2H3,(H,22,26). The van der Waals surface area contributed by atoms with E-state index in [0.29, 0.717) is 11.3 Å². The average molecular weight is 441 g/mol. The number of para-hydroxylation sites is 2. The highest BCUT2D eigenvalue weighted by Crippen LogP contribution is 2.22. The molecule has 2 heterocycles. The number of aromatic nitrogens is 2. The molecule has 0 aliphatic rings. The fourth-order valence-electron chi connectivity index (χ4n) is 3.21. The average Bonchev–Trinajstić information content (AvgIpc) is 3.38. The van der Waals surface area contributed by atoms with E-state index in [9.17, 15) is 13.2 Å². The first kappa shape index (κ1) is 20.1. The van der Waals surface area contributed by atoms with Crippen molar-refractivity contribution in [3.05, 3.63) is 77.4 Å². The highest BCUT2D eigenvalue weighted by atomic mass is 32.2. The Hall–Kier alpha value is -3.17. The molecule has 154 valence electrons. The molecule has 4 aromatic rings. The Labute approximate surface area is 178 Å². The summed E-state index contributed by atoms with van der Waals surface area (Å²) in [6, 6.07) is 17.0. The number of anilines is 1. The number of hydrogen-bond donors (Lipinski definition) is 2. The van der Waals surface area contributed by atoms with Crippen LogP contribution in [-0.2, 0) is 17.1 Å². The molecule has 0 spiro atoms. The molecule has 1 unspecified atom stereocenters. The smallest absolute Gasteiger partial charge is 0.271 e. The first-order chi connectivity index (χ1) is 14.3. The minimum Gasteiger partial charge on any atom is -0.342 e. The largest absolute Gasteiger partial charge is 0.342 e. The van der Waals surface area contributed by atoms with Gasteiger partial charge in [0.1, 0.15) is 10.0 Å². The zero-order chi connectivity index (χ0) is 21.3. The fraction of sp³-hybridized carbons (Fsp3) is 0.143. The number of nitrogens with one attached hydrogen (secondary N) is 2. The summed E-state index contributed by atoms with van der Waals surface area (Å²) in [4.78, 5) is 17.3. The Morgan fingerprint density at radius 2 is 1.80 bits per heavy atom. The third kappa shape index (κ3) is 3.94. The minimum atomic E-state index is -3.62. The van der Waals surface area contributed by atoms with Crippen molar-refractivity contribution in [1.82, 2.24) is 14.9 Å². The van der Waals surface area contributed by atoms with Gasteiger partial charge in [0.2, 0.25) is 0 Å². The van der Waals surface area contributed by atoms with Gasteiger partial charge in [0.15, 0.2) is 0 Å². The Balaban J connectivity index is 1.46. The van der Waals surface area contributed by atoms with Gasteiger partial charge in [-0.25, -0.2) is 13.4 Å². The van der Waals surface area contributed by atoms with Crippen molar-refractivity contribution in [3.8, 4) is 0 Å². The maximum absolute atomic E-state index is 12.7. The Morgan fingerprint density at radius 1 is 1.07 bits per heavy atom. The van der Waals surface area contributed by atoms with E-state index in [4.69, 9.17) is 0 Å². The number of sulfonamides is 1. The molecular weight excluding hydrogens is 420 g/mol. The van der Waals surface area contributed by atoms with Crippen LogP contribution in [0.5, 0.6) is 0 Å². The molecule has 0 radical (unpaired) electrons. The molecule has 7 nitrogen and oxygen atoms in total. The van der Waals surface area contributed by atoms with Gasteiger partial charge in [-0.05, 0) is 54.8 Å². The molecule has 4 rings (SSSR count). The van der Waals surface area contributed by atoms with Gasteiger partial charge in [0, 0.05) is 18.3 Å². The summed E-state index contributed by atoms with van der Waals surface area (Å²) in [5.74, 6) is 0.493. The van der Waals surface area contributed by atoms with Gasteiger partial charge in [0.05, 0.1) is 17.1 Å². The van der Waals surface area contributed by atoms with Gasteiger partial charge in [-0.2, -0.15) is 0 Å². The van der Waals surface area contributed by atoms with Crippen LogP contribution in [-0.4, -0.2) is 23.9 Å². The van der Waals surface area contributed by atoms with E-state index in [1.807, 2.05) is 42.8 Å². The van der Waals surface area contributed by atoms with Crippen LogP contribution < -0.4 is 10.0 Å². The molecular formula is C21H20N4O3S2. The number of nitrogens with zero attached hydrogens (tertiary/aromatic N) is 2. The Bertz CT molecular complexity index is 1290. The molecule has 1 amide bonds. The first-order valence-electron chi connectivity index (χ1n) is 9.24. The summed E-state index contributed by atoms with van der Waals surface area (Å²) in [6.07, 6.45) is 0. The van der Waals surface area contributed by atoms with Crippen LogP contribution in [0.3, 0.4) is 0 Å². The lowest BCUT2D eigenvalue weighted by Crippen LogP contribution is -2.28. The predicted octanol–water partition coefficient (Wildman–Crippen LogP) is 3.93. The lowest BCUT2D eigenvalue weighted by atomic mass is 10.2. The van der Waals surface area contributed by atoms with E-state index >= 15 is 0 Å². The second kappa shape index (κ2) is 7.92. The third-order valence-electron chi connectivity index (χ3n) is 4.72. The third-order valence-corrected chi connectivity index (χ3v) is 7.49. The fourth-order valence-corrected chi connectivity index (χ4v) is 5.26. The van der Waals surface area contributed by atoms with Gasteiger partial charge in [0.25, 0.3) is 15.9 Å². The van der Waals surface area contributed by atoms with Gasteiger partial charge < -0.3 is 9.88 Å². The van der Waals surface area contributed by atoms with Gasteiger partial charge in [-0.15, -0.1) is 11.3 Å². The summed E-state index contributed by atoms with van der Waals surface area (Å²) in [5.41, 5.74) is 2.69. The zero-order valence-corrected chi connectivity index (χ0v) is 18.0. The Kier molecular flexibility index (Phi) is 5.31. The number of amides is 1. The molecule has 9 heteroatoms. The van der Waals surface area contributed by atoms with E-state index in [1.54, 1.807) is 35.7 Å². The van der Waals surface area contributed by atoms with Crippen molar-refractivity contribution in [2.75, 3.05) is 4.72 Å². The molecule has 0 aliphatic carbocycles. The van der Waals surface area contributed by atoms with Crippen LogP contribution in [0.2, 0.25) is 0 Å².